The molecule has 0 radical (unpaired) electrons. The van der Waals surface area contributed by atoms with Crippen molar-refractivity contribution in [3.8, 4) is 6.07 Å². The molecule has 0 saturated carbocycles. The highest BCUT2D eigenvalue weighted by molar-refractivity contribution is 7.89. The summed E-state index contributed by atoms with van der Waals surface area (Å²) in [4.78, 5) is 0.0725. The van der Waals surface area contributed by atoms with Crippen molar-refractivity contribution in [1.82, 2.24) is 4.31 Å². The van der Waals surface area contributed by atoms with E-state index >= 15 is 0 Å². The molecule has 0 aliphatic carbocycles. The molecular formula is C15H17ClN2O3S. The number of sulfonamides is 1. The van der Waals surface area contributed by atoms with Crippen LogP contribution < -0.4 is 0 Å². The molecule has 7 heteroatoms. The molecule has 0 spiro atoms. The maximum atomic E-state index is 12.8. The fraction of sp³-hybridized carbons (Fsp3) is 0.533. The molecule has 2 heterocycles. The van der Waals surface area contributed by atoms with E-state index in [0.29, 0.717) is 18.7 Å². The first-order valence-electron chi connectivity index (χ1n) is 7.34. The maximum absolute atomic E-state index is 12.8. The molecule has 2 fully saturated rings. The van der Waals surface area contributed by atoms with Crippen LogP contribution in [0, 0.1) is 17.2 Å². The number of rotatable bonds is 2. The smallest absolute Gasteiger partial charge is 0.244 e. The highest BCUT2D eigenvalue weighted by atomic mass is 35.5. The Bertz CT molecular complexity index is 714. The Morgan fingerprint density at radius 1 is 1.36 bits per heavy atom. The van der Waals surface area contributed by atoms with Gasteiger partial charge in [-0.1, -0.05) is 11.6 Å². The van der Waals surface area contributed by atoms with Gasteiger partial charge in [-0.05, 0) is 43.4 Å². The average molecular weight is 341 g/mol. The van der Waals surface area contributed by atoms with Gasteiger partial charge in [-0.2, -0.15) is 9.57 Å². The molecule has 2 aliphatic heterocycles. The first-order chi connectivity index (χ1) is 10.5. The van der Waals surface area contributed by atoms with Crippen LogP contribution in [0.1, 0.15) is 24.8 Å². The topological polar surface area (TPSA) is 70.4 Å². The lowest BCUT2D eigenvalue weighted by Gasteiger charge is -2.40. The summed E-state index contributed by atoms with van der Waals surface area (Å²) in [7, 11) is -3.63. The average Bonchev–Trinajstić information content (AvgIpc) is 2.54. The Morgan fingerprint density at radius 3 is 2.91 bits per heavy atom. The first-order valence-corrected chi connectivity index (χ1v) is 9.15. The molecule has 0 aromatic heterocycles. The Balaban J connectivity index is 1.85. The fourth-order valence-corrected chi connectivity index (χ4v) is 5.22. The van der Waals surface area contributed by atoms with Crippen LogP contribution in [0.5, 0.6) is 0 Å². The van der Waals surface area contributed by atoms with Crippen LogP contribution in [0.2, 0.25) is 5.02 Å². The van der Waals surface area contributed by atoms with Crippen molar-refractivity contribution in [3.63, 3.8) is 0 Å². The number of ether oxygens (including phenoxy) is 1. The largest absolute Gasteiger partial charge is 0.378 e. The van der Waals surface area contributed by atoms with Crippen LogP contribution in [0.3, 0.4) is 0 Å². The number of hydrogen-bond acceptors (Lipinski definition) is 4. The minimum Gasteiger partial charge on any atom is -0.378 e. The predicted molar refractivity (Wildman–Crippen MR) is 82.0 cm³/mol. The third-order valence-corrected chi connectivity index (χ3v) is 6.70. The van der Waals surface area contributed by atoms with Gasteiger partial charge < -0.3 is 4.74 Å². The Labute approximate surface area is 135 Å². The normalized spacial score (nSPS) is 26.2. The maximum Gasteiger partial charge on any atom is 0.244 e. The molecule has 118 valence electrons. The van der Waals surface area contributed by atoms with Gasteiger partial charge >= 0.3 is 0 Å². The van der Waals surface area contributed by atoms with E-state index in [1.165, 1.54) is 22.5 Å². The van der Waals surface area contributed by atoms with Gasteiger partial charge in [0.1, 0.15) is 4.90 Å². The molecule has 2 atom stereocenters. The number of hydrogen-bond donors (Lipinski definition) is 0. The van der Waals surface area contributed by atoms with Gasteiger partial charge in [-0.25, -0.2) is 8.42 Å². The number of nitrogens with zero attached hydrogens (tertiary/aromatic N) is 2. The van der Waals surface area contributed by atoms with Crippen molar-refractivity contribution in [3.05, 3.63) is 28.8 Å². The molecule has 0 unspecified atom stereocenters. The fourth-order valence-electron chi connectivity index (χ4n) is 3.19. The molecule has 2 saturated heterocycles. The summed E-state index contributed by atoms with van der Waals surface area (Å²) >= 11 is 6.07. The van der Waals surface area contributed by atoms with Crippen molar-refractivity contribution in [1.29, 1.82) is 5.26 Å². The van der Waals surface area contributed by atoms with Crippen LogP contribution in [0.4, 0.5) is 0 Å². The second-order valence-corrected chi connectivity index (χ2v) is 8.03. The molecule has 0 N–H and O–H groups in total. The number of benzene rings is 1. The Kier molecular flexibility index (Phi) is 4.42. The lowest BCUT2D eigenvalue weighted by atomic mass is 9.90. The van der Waals surface area contributed by atoms with Gasteiger partial charge in [0.2, 0.25) is 10.0 Å². The minimum absolute atomic E-state index is 0.0725. The van der Waals surface area contributed by atoms with Crippen molar-refractivity contribution < 1.29 is 13.2 Å². The zero-order valence-electron chi connectivity index (χ0n) is 12.0. The van der Waals surface area contributed by atoms with E-state index in [1.807, 2.05) is 6.07 Å². The van der Waals surface area contributed by atoms with E-state index in [9.17, 15) is 8.42 Å². The lowest BCUT2D eigenvalue weighted by Crippen LogP contribution is -2.48. The summed E-state index contributed by atoms with van der Waals surface area (Å²) in [5, 5.41) is 8.95. The summed E-state index contributed by atoms with van der Waals surface area (Å²) in [5.74, 6) is 0.259. The van der Waals surface area contributed by atoms with E-state index in [4.69, 9.17) is 21.6 Å². The van der Waals surface area contributed by atoms with E-state index in [0.717, 1.165) is 25.9 Å². The molecule has 2 aliphatic rings. The number of halogens is 1. The van der Waals surface area contributed by atoms with Crippen molar-refractivity contribution in [2.24, 2.45) is 5.92 Å². The molecule has 22 heavy (non-hydrogen) atoms. The second-order valence-electron chi connectivity index (χ2n) is 5.72. The molecule has 5 nitrogen and oxygen atoms in total. The van der Waals surface area contributed by atoms with Crippen molar-refractivity contribution in [2.45, 2.75) is 30.3 Å². The minimum atomic E-state index is -3.63. The Hall–Kier alpha value is -1.13. The second kappa shape index (κ2) is 6.17. The van der Waals surface area contributed by atoms with E-state index in [1.54, 1.807) is 0 Å². The summed E-state index contributed by atoms with van der Waals surface area (Å²) in [5.41, 5.74) is 0.350. The van der Waals surface area contributed by atoms with Crippen LogP contribution in [0.15, 0.2) is 23.1 Å². The lowest BCUT2D eigenvalue weighted by molar-refractivity contribution is -0.0534. The molecule has 0 bridgehead atoms. The molecule has 1 aromatic carbocycles. The predicted octanol–water partition coefficient (Wildman–Crippen LogP) is 2.40. The van der Waals surface area contributed by atoms with Gasteiger partial charge in [0, 0.05) is 19.7 Å². The van der Waals surface area contributed by atoms with Crippen LogP contribution in [-0.4, -0.2) is 38.5 Å². The van der Waals surface area contributed by atoms with Gasteiger partial charge in [0.25, 0.3) is 0 Å². The summed E-state index contributed by atoms with van der Waals surface area (Å²) in [6.45, 7) is 1.69. The number of fused-ring (bicyclic) bond motifs is 1. The summed E-state index contributed by atoms with van der Waals surface area (Å²) in [6, 6.07) is 6.25. The quantitative estimate of drug-likeness (QED) is 0.828. The summed E-state index contributed by atoms with van der Waals surface area (Å²) in [6.07, 6.45) is 2.87. The van der Waals surface area contributed by atoms with Crippen LogP contribution in [-0.2, 0) is 14.8 Å². The van der Waals surface area contributed by atoms with E-state index in [-0.39, 0.29) is 21.9 Å². The summed E-state index contributed by atoms with van der Waals surface area (Å²) < 4.78 is 32.8. The third kappa shape index (κ3) is 2.86. The number of nitriles is 1. The zero-order chi connectivity index (χ0) is 15.7. The highest BCUT2D eigenvalue weighted by Crippen LogP contribution is 2.33. The zero-order valence-corrected chi connectivity index (χ0v) is 13.6. The van der Waals surface area contributed by atoms with Gasteiger partial charge in [-0.15, -0.1) is 0 Å². The van der Waals surface area contributed by atoms with E-state index in [2.05, 4.69) is 0 Å². The SMILES string of the molecule is N#Cc1ccc(S(=O)(=O)N2CC[C@@H]3OCCC[C@H]3C2)c(Cl)c1. The molecule has 3 rings (SSSR count). The van der Waals surface area contributed by atoms with Gasteiger partial charge in [-0.3, -0.25) is 0 Å². The van der Waals surface area contributed by atoms with Crippen LogP contribution >= 0.6 is 11.6 Å². The molecule has 0 amide bonds. The van der Waals surface area contributed by atoms with E-state index < -0.39 is 10.0 Å². The monoisotopic (exact) mass is 340 g/mol. The number of piperidine rings is 1. The third-order valence-electron chi connectivity index (χ3n) is 4.36. The van der Waals surface area contributed by atoms with Crippen molar-refractivity contribution >= 4 is 21.6 Å². The highest BCUT2D eigenvalue weighted by Gasteiger charge is 2.37. The molecular weight excluding hydrogens is 324 g/mol. The standard InChI is InChI=1S/C15H17ClN2O3S/c16-13-8-11(9-17)3-4-15(13)22(19,20)18-6-5-14-12(10-18)2-1-7-21-14/h3-4,8,12,14H,1-2,5-7,10H2/t12-,14-/m0/s1. The van der Waals surface area contributed by atoms with Gasteiger partial charge in [0.05, 0.1) is 22.8 Å². The first kappa shape index (κ1) is 15.8. The Morgan fingerprint density at radius 2 is 2.18 bits per heavy atom. The molecule has 1 aromatic rings. The van der Waals surface area contributed by atoms with Crippen molar-refractivity contribution in [2.75, 3.05) is 19.7 Å². The van der Waals surface area contributed by atoms with Gasteiger partial charge in [0.15, 0.2) is 0 Å². The van der Waals surface area contributed by atoms with Crippen LogP contribution in [0.25, 0.3) is 0 Å².